The van der Waals surface area contributed by atoms with Crippen molar-refractivity contribution in [3.05, 3.63) is 95.8 Å². The van der Waals surface area contributed by atoms with E-state index in [9.17, 15) is 4.39 Å². The molecule has 0 aliphatic heterocycles. The van der Waals surface area contributed by atoms with Gasteiger partial charge in [0.15, 0.2) is 0 Å². The van der Waals surface area contributed by atoms with E-state index < -0.39 is 0 Å². The average Bonchev–Trinajstić information content (AvgIpc) is 2.67. The molecule has 0 aliphatic rings. The number of anilines is 1. The highest BCUT2D eigenvalue weighted by Gasteiger charge is 2.17. The average molecular weight is 344 g/mol. The van der Waals surface area contributed by atoms with Crippen LogP contribution in [0.4, 0.5) is 10.2 Å². The lowest BCUT2D eigenvalue weighted by molar-refractivity contribution is 0.629. The van der Waals surface area contributed by atoms with Crippen LogP contribution >= 0.6 is 0 Å². The molecule has 0 saturated heterocycles. The third-order valence-electron chi connectivity index (χ3n) is 4.24. The van der Waals surface area contributed by atoms with Crippen molar-refractivity contribution in [3.63, 3.8) is 0 Å². The van der Waals surface area contributed by atoms with Gasteiger partial charge >= 0.3 is 0 Å². The molecule has 1 N–H and O–H groups in total. The Morgan fingerprint density at radius 2 is 1.85 bits per heavy atom. The van der Waals surface area contributed by atoms with Gasteiger partial charge in [-0.3, -0.25) is 4.98 Å². The van der Waals surface area contributed by atoms with E-state index in [0.717, 1.165) is 16.8 Å². The summed E-state index contributed by atoms with van der Waals surface area (Å²) in [5.41, 5.74) is 3.77. The van der Waals surface area contributed by atoms with Crippen LogP contribution in [0.5, 0.6) is 0 Å². The molecule has 4 rings (SSSR count). The van der Waals surface area contributed by atoms with Crippen LogP contribution in [0.25, 0.3) is 10.9 Å². The maximum Gasteiger partial charge on any atom is 0.138 e. The van der Waals surface area contributed by atoms with Gasteiger partial charge in [-0.15, -0.1) is 0 Å². The quantitative estimate of drug-likeness (QED) is 0.584. The number of nitrogens with zero attached hydrogens (tertiary/aromatic N) is 3. The predicted molar refractivity (Wildman–Crippen MR) is 100 cm³/mol. The highest BCUT2D eigenvalue weighted by molar-refractivity contribution is 5.89. The zero-order chi connectivity index (χ0) is 17.9. The summed E-state index contributed by atoms with van der Waals surface area (Å²) >= 11 is 0. The molecule has 0 fully saturated rings. The first-order valence-corrected chi connectivity index (χ1v) is 8.35. The van der Waals surface area contributed by atoms with Gasteiger partial charge in [-0.2, -0.15) is 0 Å². The number of nitrogens with one attached hydrogen (secondary N) is 1. The molecule has 2 aromatic carbocycles. The van der Waals surface area contributed by atoms with Crippen LogP contribution in [0.2, 0.25) is 0 Å². The summed E-state index contributed by atoms with van der Waals surface area (Å²) < 4.78 is 13.8. The van der Waals surface area contributed by atoms with E-state index in [4.69, 9.17) is 0 Å². The van der Waals surface area contributed by atoms with Gasteiger partial charge in [-0.25, -0.2) is 14.4 Å². The van der Waals surface area contributed by atoms with Crippen molar-refractivity contribution < 1.29 is 4.39 Å². The van der Waals surface area contributed by atoms with E-state index in [-0.39, 0.29) is 11.9 Å². The second-order valence-corrected chi connectivity index (χ2v) is 6.13. The van der Waals surface area contributed by atoms with Crippen LogP contribution in [0, 0.1) is 12.7 Å². The summed E-state index contributed by atoms with van der Waals surface area (Å²) in [6.07, 6.45) is 3.24. The van der Waals surface area contributed by atoms with Crippen LogP contribution in [0.3, 0.4) is 0 Å². The summed E-state index contributed by atoms with van der Waals surface area (Å²) in [6.45, 7) is 2.05. The normalized spacial score (nSPS) is 12.1. The van der Waals surface area contributed by atoms with Crippen LogP contribution in [-0.2, 0) is 0 Å². The molecular weight excluding hydrogens is 327 g/mol. The van der Waals surface area contributed by atoms with E-state index in [0.29, 0.717) is 16.7 Å². The number of hydrogen-bond donors (Lipinski definition) is 1. The zero-order valence-electron chi connectivity index (χ0n) is 14.2. The minimum absolute atomic E-state index is 0.211. The van der Waals surface area contributed by atoms with Crippen LogP contribution in [-0.4, -0.2) is 15.0 Å². The van der Waals surface area contributed by atoms with Gasteiger partial charge in [0.25, 0.3) is 0 Å². The Kier molecular flexibility index (Phi) is 4.27. The summed E-state index contributed by atoms with van der Waals surface area (Å²) in [5.74, 6) is 0.256. The Hall–Kier alpha value is -3.34. The number of hydrogen-bond acceptors (Lipinski definition) is 4. The molecule has 0 aliphatic carbocycles. The molecule has 4 nitrogen and oxygen atoms in total. The maximum absolute atomic E-state index is 13.8. The SMILES string of the molecule is Cc1cccc(C(Nc2ncnc3ccc(F)cc23)c2ccccn2)c1. The van der Waals surface area contributed by atoms with Crippen molar-refractivity contribution >= 4 is 16.7 Å². The fourth-order valence-electron chi connectivity index (χ4n) is 3.01. The van der Waals surface area contributed by atoms with Gasteiger partial charge in [-0.1, -0.05) is 35.9 Å². The van der Waals surface area contributed by atoms with E-state index in [2.05, 4.69) is 39.3 Å². The van der Waals surface area contributed by atoms with Crippen molar-refractivity contribution in [1.29, 1.82) is 0 Å². The fraction of sp³-hybridized carbons (Fsp3) is 0.0952. The summed E-state index contributed by atoms with van der Waals surface area (Å²) in [5, 5.41) is 4.07. The van der Waals surface area contributed by atoms with Crippen LogP contribution in [0.15, 0.2) is 73.2 Å². The molecule has 0 spiro atoms. The third-order valence-corrected chi connectivity index (χ3v) is 4.24. The number of rotatable bonds is 4. The van der Waals surface area contributed by atoms with E-state index >= 15 is 0 Å². The molecule has 2 aromatic heterocycles. The lowest BCUT2D eigenvalue weighted by Crippen LogP contribution is -2.15. The molecule has 128 valence electrons. The van der Waals surface area contributed by atoms with Gasteiger partial charge in [-0.05, 0) is 42.8 Å². The Labute approximate surface area is 150 Å². The van der Waals surface area contributed by atoms with Crippen molar-refractivity contribution in [2.75, 3.05) is 5.32 Å². The largest absolute Gasteiger partial charge is 0.357 e. The Bertz CT molecular complexity index is 1050. The van der Waals surface area contributed by atoms with Crippen molar-refractivity contribution in [2.45, 2.75) is 13.0 Å². The molecule has 2 heterocycles. The molecule has 26 heavy (non-hydrogen) atoms. The highest BCUT2D eigenvalue weighted by Crippen LogP contribution is 2.28. The standard InChI is InChI=1S/C21H17FN4/c1-14-5-4-6-15(11-14)20(19-7-2-3-10-23-19)26-21-17-12-16(22)8-9-18(17)24-13-25-21/h2-13,20H,1H3,(H,24,25,26). The molecular formula is C21H17FN4. The van der Waals surface area contributed by atoms with E-state index in [1.54, 1.807) is 12.3 Å². The van der Waals surface area contributed by atoms with Crippen LogP contribution < -0.4 is 5.32 Å². The number of aromatic nitrogens is 3. The third kappa shape index (κ3) is 3.24. The Morgan fingerprint density at radius 1 is 0.923 bits per heavy atom. The van der Waals surface area contributed by atoms with Gasteiger partial charge < -0.3 is 5.32 Å². The minimum atomic E-state index is -0.319. The topological polar surface area (TPSA) is 50.7 Å². The Morgan fingerprint density at radius 3 is 2.65 bits per heavy atom. The molecule has 0 bridgehead atoms. The van der Waals surface area contributed by atoms with Crippen molar-refractivity contribution in [2.24, 2.45) is 0 Å². The molecule has 0 radical (unpaired) electrons. The van der Waals surface area contributed by atoms with Gasteiger partial charge in [0.05, 0.1) is 17.3 Å². The summed E-state index contributed by atoms with van der Waals surface area (Å²) in [6, 6.07) is 18.3. The van der Waals surface area contributed by atoms with Crippen molar-refractivity contribution in [1.82, 2.24) is 15.0 Å². The summed E-state index contributed by atoms with van der Waals surface area (Å²) in [4.78, 5) is 13.1. The van der Waals surface area contributed by atoms with Crippen LogP contribution in [0.1, 0.15) is 22.9 Å². The lowest BCUT2D eigenvalue weighted by Gasteiger charge is -2.20. The highest BCUT2D eigenvalue weighted by atomic mass is 19.1. The monoisotopic (exact) mass is 344 g/mol. The number of fused-ring (bicyclic) bond motifs is 1. The molecule has 5 heteroatoms. The number of pyridine rings is 1. The lowest BCUT2D eigenvalue weighted by atomic mass is 10.0. The minimum Gasteiger partial charge on any atom is -0.357 e. The number of halogens is 1. The first-order chi connectivity index (χ1) is 12.7. The summed E-state index contributed by atoms with van der Waals surface area (Å²) in [7, 11) is 0. The van der Waals surface area contributed by atoms with Gasteiger partial charge in [0, 0.05) is 11.6 Å². The first kappa shape index (κ1) is 16.1. The zero-order valence-corrected chi connectivity index (χ0v) is 14.2. The Balaban J connectivity index is 1.82. The van der Waals surface area contributed by atoms with Gasteiger partial charge in [0.1, 0.15) is 18.0 Å². The second kappa shape index (κ2) is 6.88. The second-order valence-electron chi connectivity index (χ2n) is 6.13. The molecule has 0 amide bonds. The maximum atomic E-state index is 13.8. The first-order valence-electron chi connectivity index (χ1n) is 8.35. The fourth-order valence-corrected chi connectivity index (χ4v) is 3.01. The number of benzene rings is 2. The molecule has 4 aromatic rings. The van der Waals surface area contributed by atoms with E-state index in [1.165, 1.54) is 18.5 Å². The molecule has 1 atom stereocenters. The smallest absolute Gasteiger partial charge is 0.138 e. The molecule has 1 unspecified atom stereocenters. The number of aryl methyl sites for hydroxylation is 1. The van der Waals surface area contributed by atoms with Gasteiger partial charge in [0.2, 0.25) is 0 Å². The van der Waals surface area contributed by atoms with E-state index in [1.807, 2.05) is 30.3 Å². The van der Waals surface area contributed by atoms with Crippen molar-refractivity contribution in [3.8, 4) is 0 Å². The molecule has 0 saturated carbocycles. The predicted octanol–water partition coefficient (Wildman–Crippen LogP) is 4.67.